The molecule has 2 aromatic heterocycles. The summed E-state index contributed by atoms with van der Waals surface area (Å²) >= 11 is 0. The Morgan fingerprint density at radius 2 is 2.12 bits per heavy atom. The average Bonchev–Trinajstić information content (AvgIpc) is 3.55. The van der Waals surface area contributed by atoms with Gasteiger partial charge in [0.25, 0.3) is 12.3 Å². The highest BCUT2D eigenvalue weighted by atomic mass is 19.3. The predicted octanol–water partition coefficient (Wildman–Crippen LogP) is 3.16. The van der Waals surface area contributed by atoms with Crippen LogP contribution in [0, 0.1) is 5.92 Å². The molecule has 1 aromatic carbocycles. The smallest absolute Gasteiger partial charge is 0.257 e. The molecule has 1 aliphatic carbocycles. The number of ether oxygens (including phenoxy) is 1. The fraction of sp³-hybridized carbons (Fsp3) is 0.333. The summed E-state index contributed by atoms with van der Waals surface area (Å²) in [5.74, 6) is -0.897. The van der Waals surface area contributed by atoms with Crippen LogP contribution in [0.1, 0.15) is 27.3 Å². The minimum atomic E-state index is -2.74. The van der Waals surface area contributed by atoms with Crippen molar-refractivity contribution in [2.75, 3.05) is 24.7 Å². The highest BCUT2D eigenvalue weighted by Gasteiger charge is 2.30. The maximum atomic E-state index is 13.0. The Labute approximate surface area is 186 Å². The molecule has 0 aliphatic heterocycles. The van der Waals surface area contributed by atoms with Crippen molar-refractivity contribution in [1.29, 1.82) is 0 Å². The van der Waals surface area contributed by atoms with Crippen LogP contribution in [-0.4, -0.2) is 47.1 Å². The SMILES string of the molecule is [2H]C([2H])([2H])NC(=O)c1cnc(NC(=O)C2CC2)cc1Nc1ccc2cnn(CC(F)F)c2c1OC. The molecule has 0 saturated heterocycles. The number of carbonyl (C=O) groups excluding carboxylic acids is 2. The third-order valence-electron chi connectivity index (χ3n) is 5.00. The van der Waals surface area contributed by atoms with Gasteiger partial charge in [-0.3, -0.25) is 14.3 Å². The number of pyridine rings is 1. The van der Waals surface area contributed by atoms with Gasteiger partial charge >= 0.3 is 0 Å². The molecule has 32 heavy (non-hydrogen) atoms. The van der Waals surface area contributed by atoms with Gasteiger partial charge in [-0.1, -0.05) is 0 Å². The molecule has 0 bridgehead atoms. The van der Waals surface area contributed by atoms with E-state index in [4.69, 9.17) is 8.85 Å². The molecule has 3 aromatic rings. The number of fused-ring (bicyclic) bond motifs is 1. The minimum absolute atomic E-state index is 0.0932. The van der Waals surface area contributed by atoms with Crippen molar-refractivity contribution >= 4 is 39.9 Å². The number of rotatable bonds is 8. The van der Waals surface area contributed by atoms with Crippen LogP contribution < -0.4 is 20.7 Å². The molecule has 0 atom stereocenters. The zero-order valence-electron chi connectivity index (χ0n) is 20.0. The summed E-state index contributed by atoms with van der Waals surface area (Å²) in [4.78, 5) is 28.9. The number of carbonyl (C=O) groups is 2. The average molecular weight is 447 g/mol. The maximum absolute atomic E-state index is 13.0. The zero-order valence-corrected chi connectivity index (χ0v) is 17.0. The van der Waals surface area contributed by atoms with Crippen LogP contribution in [0.5, 0.6) is 5.75 Å². The van der Waals surface area contributed by atoms with Gasteiger partial charge in [0, 0.05) is 34.7 Å². The molecular weight excluding hydrogens is 422 g/mol. The van der Waals surface area contributed by atoms with Gasteiger partial charge in [-0.25, -0.2) is 13.8 Å². The number of hydrogen-bond donors (Lipinski definition) is 3. The summed E-state index contributed by atoms with van der Waals surface area (Å²) < 4.78 is 54.6. The summed E-state index contributed by atoms with van der Waals surface area (Å²) in [6.07, 6.45) is 1.47. The lowest BCUT2D eigenvalue weighted by Gasteiger charge is -2.16. The van der Waals surface area contributed by atoms with Crippen molar-refractivity contribution in [3.63, 3.8) is 0 Å². The first kappa shape index (κ1) is 17.9. The number of nitrogens with one attached hydrogen (secondary N) is 3. The third-order valence-corrected chi connectivity index (χ3v) is 5.00. The lowest BCUT2D eigenvalue weighted by molar-refractivity contribution is -0.117. The van der Waals surface area contributed by atoms with Crippen molar-refractivity contribution < 1.29 is 27.2 Å². The van der Waals surface area contributed by atoms with Crippen molar-refractivity contribution in [1.82, 2.24) is 20.1 Å². The molecule has 0 spiro atoms. The van der Waals surface area contributed by atoms with Crippen LogP contribution in [0.15, 0.2) is 30.6 Å². The van der Waals surface area contributed by atoms with E-state index in [1.54, 1.807) is 12.1 Å². The van der Waals surface area contributed by atoms with Gasteiger partial charge in [0.15, 0.2) is 5.75 Å². The van der Waals surface area contributed by atoms with E-state index in [1.165, 1.54) is 19.4 Å². The number of amides is 2. The van der Waals surface area contributed by atoms with E-state index in [0.717, 1.165) is 23.7 Å². The van der Waals surface area contributed by atoms with Gasteiger partial charge < -0.3 is 20.7 Å². The molecule has 9 nitrogen and oxygen atoms in total. The van der Waals surface area contributed by atoms with E-state index in [9.17, 15) is 18.4 Å². The molecule has 168 valence electrons. The van der Waals surface area contributed by atoms with Crippen LogP contribution >= 0.6 is 0 Å². The van der Waals surface area contributed by atoms with Crippen molar-refractivity contribution in [3.05, 3.63) is 36.2 Å². The minimum Gasteiger partial charge on any atom is -0.492 e. The molecule has 2 amide bonds. The predicted molar refractivity (Wildman–Crippen MR) is 115 cm³/mol. The number of benzene rings is 1. The first-order chi connectivity index (χ1) is 16.6. The van der Waals surface area contributed by atoms with E-state index in [-0.39, 0.29) is 34.6 Å². The van der Waals surface area contributed by atoms with E-state index < -0.39 is 25.9 Å². The molecule has 3 N–H and O–H groups in total. The van der Waals surface area contributed by atoms with Crippen LogP contribution in [-0.2, 0) is 11.3 Å². The number of hydrogen-bond acceptors (Lipinski definition) is 6. The molecule has 1 fully saturated rings. The molecule has 0 unspecified atom stereocenters. The topological polar surface area (TPSA) is 110 Å². The second-order valence-corrected chi connectivity index (χ2v) is 7.26. The molecular formula is C21H22F2N6O3. The van der Waals surface area contributed by atoms with Gasteiger partial charge in [-0.05, 0) is 25.0 Å². The van der Waals surface area contributed by atoms with E-state index in [1.807, 2.05) is 5.32 Å². The lowest BCUT2D eigenvalue weighted by Crippen LogP contribution is -2.20. The highest BCUT2D eigenvalue weighted by molar-refractivity contribution is 6.02. The standard InChI is InChI=1S/C21H22F2N6O3/c1-24-21(31)13-9-25-17(28-20(30)11-3-4-11)7-15(13)27-14-6-5-12-8-26-29(10-16(22)23)18(12)19(14)32-2/h5-9,11,16H,3-4,10H2,1-2H3,(H,24,31)(H2,25,27,28,30)/i1D3. The van der Waals surface area contributed by atoms with Gasteiger partial charge in [0.05, 0.1) is 30.2 Å². The normalized spacial score (nSPS) is 15.1. The van der Waals surface area contributed by atoms with Gasteiger partial charge in [-0.2, -0.15) is 5.10 Å². The molecule has 0 radical (unpaired) electrons. The first-order valence-electron chi connectivity index (χ1n) is 11.3. The Morgan fingerprint density at radius 1 is 1.31 bits per heavy atom. The number of nitrogens with zero attached hydrogens (tertiary/aromatic N) is 3. The summed E-state index contributed by atoms with van der Waals surface area (Å²) in [5, 5.41) is 12.1. The van der Waals surface area contributed by atoms with Crippen LogP contribution in [0.25, 0.3) is 10.9 Å². The molecule has 11 heteroatoms. The molecule has 4 rings (SSSR count). The summed E-state index contributed by atoms with van der Waals surface area (Å²) in [6, 6.07) is 4.62. The number of alkyl halides is 2. The largest absolute Gasteiger partial charge is 0.492 e. The fourth-order valence-electron chi connectivity index (χ4n) is 3.31. The lowest BCUT2D eigenvalue weighted by atomic mass is 10.1. The van der Waals surface area contributed by atoms with Crippen molar-refractivity contribution in [2.45, 2.75) is 25.8 Å². The first-order valence-corrected chi connectivity index (χ1v) is 9.77. The summed E-state index contributed by atoms with van der Waals surface area (Å²) in [7, 11) is 1.36. The van der Waals surface area contributed by atoms with Crippen LogP contribution in [0.3, 0.4) is 0 Å². The Kier molecular flexibility index (Phi) is 4.90. The molecule has 2 heterocycles. The van der Waals surface area contributed by atoms with Gasteiger partial charge in [0.1, 0.15) is 17.9 Å². The van der Waals surface area contributed by atoms with Crippen molar-refractivity contribution in [2.24, 2.45) is 5.92 Å². The van der Waals surface area contributed by atoms with Crippen LogP contribution in [0.2, 0.25) is 0 Å². The van der Waals surface area contributed by atoms with Gasteiger partial charge in [-0.15, -0.1) is 0 Å². The van der Waals surface area contributed by atoms with Gasteiger partial charge in [0.2, 0.25) is 5.91 Å². The maximum Gasteiger partial charge on any atom is 0.257 e. The monoisotopic (exact) mass is 447 g/mol. The second-order valence-electron chi connectivity index (χ2n) is 7.26. The highest BCUT2D eigenvalue weighted by Crippen LogP contribution is 2.37. The number of aromatic nitrogens is 3. The molecule has 1 saturated carbocycles. The zero-order chi connectivity index (χ0) is 25.3. The number of anilines is 3. The fourth-order valence-corrected chi connectivity index (χ4v) is 3.31. The van der Waals surface area contributed by atoms with E-state index in [2.05, 4.69) is 20.7 Å². The number of methoxy groups -OCH3 is 1. The van der Waals surface area contributed by atoms with Crippen molar-refractivity contribution in [3.8, 4) is 5.75 Å². The quantitative estimate of drug-likeness (QED) is 0.489. The Hall–Kier alpha value is -3.76. The third kappa shape index (κ3) is 4.32. The van der Waals surface area contributed by atoms with Crippen LogP contribution in [0.4, 0.5) is 26.0 Å². The van der Waals surface area contributed by atoms with E-state index >= 15 is 0 Å². The Morgan fingerprint density at radius 3 is 2.81 bits per heavy atom. The summed E-state index contributed by atoms with van der Waals surface area (Å²) in [5.41, 5.74) is 0.603. The number of halogens is 2. The Balaban J connectivity index is 1.75. The molecule has 1 aliphatic rings. The Bertz CT molecular complexity index is 1280. The van der Waals surface area contributed by atoms with E-state index in [0.29, 0.717) is 16.6 Å². The summed E-state index contributed by atoms with van der Waals surface area (Å²) in [6.45, 7) is -3.40. The second kappa shape index (κ2) is 8.77.